The van der Waals surface area contributed by atoms with Crippen LogP contribution in [0.4, 0.5) is 5.69 Å². The van der Waals surface area contributed by atoms with Gasteiger partial charge < -0.3 is 21.3 Å². The molecule has 3 amide bonds. The molecule has 4 rings (SSSR count). The zero-order valence-corrected chi connectivity index (χ0v) is 19.2. The van der Waals surface area contributed by atoms with Gasteiger partial charge in [-0.2, -0.15) is 0 Å². The molecule has 0 radical (unpaired) electrons. The summed E-state index contributed by atoms with van der Waals surface area (Å²) >= 11 is 0. The number of rotatable bonds is 7. The molecule has 0 aromatic heterocycles. The number of likely N-dealkylation sites (tertiary alicyclic amines) is 1. The third-order valence-electron chi connectivity index (χ3n) is 6.17. The number of carbonyl (C=O) groups is 3. The zero-order chi connectivity index (χ0) is 24.1. The maximum atomic E-state index is 13.5. The topological polar surface area (TPSA) is 105 Å². The molecule has 1 saturated heterocycles. The predicted octanol–water partition coefficient (Wildman–Crippen LogP) is 2.84. The molecule has 4 N–H and O–H groups in total. The van der Waals surface area contributed by atoms with Crippen LogP contribution < -0.4 is 16.4 Å². The largest absolute Gasteiger partial charge is 0.343 e. The van der Waals surface area contributed by atoms with Gasteiger partial charge >= 0.3 is 0 Å². The first-order valence-electron chi connectivity index (χ1n) is 11.6. The summed E-state index contributed by atoms with van der Waals surface area (Å²) in [6.07, 6.45) is 1.62. The van der Waals surface area contributed by atoms with Crippen molar-refractivity contribution in [2.24, 2.45) is 5.73 Å². The average Bonchev–Trinajstić information content (AvgIpc) is 3.34. The summed E-state index contributed by atoms with van der Waals surface area (Å²) in [5, 5.41) is 7.87. The van der Waals surface area contributed by atoms with Gasteiger partial charge in [0.05, 0.1) is 6.04 Å². The Morgan fingerprint density at radius 1 is 1.00 bits per heavy atom. The third kappa shape index (κ3) is 5.43. The van der Waals surface area contributed by atoms with E-state index in [-0.39, 0.29) is 11.8 Å². The second-order valence-corrected chi connectivity index (χ2v) is 8.78. The number of hydrogen-bond acceptors (Lipinski definition) is 4. The van der Waals surface area contributed by atoms with E-state index in [1.54, 1.807) is 11.8 Å². The van der Waals surface area contributed by atoms with Crippen molar-refractivity contribution < 1.29 is 14.4 Å². The minimum atomic E-state index is -0.796. The predicted molar refractivity (Wildman–Crippen MR) is 133 cm³/mol. The van der Waals surface area contributed by atoms with Gasteiger partial charge in [0.1, 0.15) is 12.1 Å². The molecule has 0 bridgehead atoms. The van der Waals surface area contributed by atoms with Gasteiger partial charge in [-0.05, 0) is 48.2 Å². The molecular formula is C27H30N4O3. The van der Waals surface area contributed by atoms with E-state index < -0.39 is 24.0 Å². The van der Waals surface area contributed by atoms with E-state index >= 15 is 0 Å². The monoisotopic (exact) mass is 458 g/mol. The van der Waals surface area contributed by atoms with Gasteiger partial charge in [-0.1, -0.05) is 60.7 Å². The van der Waals surface area contributed by atoms with Crippen molar-refractivity contribution in [2.45, 2.75) is 44.3 Å². The van der Waals surface area contributed by atoms with Gasteiger partial charge in [0.2, 0.25) is 17.7 Å². The molecule has 1 fully saturated rings. The average molecular weight is 459 g/mol. The molecule has 0 spiro atoms. The van der Waals surface area contributed by atoms with Crippen LogP contribution in [0.1, 0.15) is 25.3 Å². The number of nitrogens with zero attached hydrogens (tertiary/aromatic N) is 1. The number of benzene rings is 3. The lowest BCUT2D eigenvalue weighted by molar-refractivity contribution is -0.140. The second-order valence-electron chi connectivity index (χ2n) is 8.78. The SMILES string of the molecule is CC(N)C(=O)NC(Cc1ccccc1)C(=O)N1CCCC1C(=O)Nc1ccc2ccccc2c1. The lowest BCUT2D eigenvalue weighted by atomic mass is 10.0. The molecule has 0 saturated carbocycles. The molecular weight excluding hydrogens is 428 g/mol. The zero-order valence-electron chi connectivity index (χ0n) is 19.2. The molecule has 3 aromatic rings. The molecule has 3 atom stereocenters. The van der Waals surface area contributed by atoms with Gasteiger partial charge in [-0.15, -0.1) is 0 Å². The van der Waals surface area contributed by atoms with E-state index in [1.165, 1.54) is 0 Å². The van der Waals surface area contributed by atoms with Crippen LogP contribution in [0.15, 0.2) is 72.8 Å². The van der Waals surface area contributed by atoms with Gasteiger partial charge in [0.15, 0.2) is 0 Å². The molecule has 7 nitrogen and oxygen atoms in total. The number of carbonyl (C=O) groups excluding carboxylic acids is 3. The molecule has 176 valence electrons. The van der Waals surface area contributed by atoms with Gasteiger partial charge in [-0.3, -0.25) is 14.4 Å². The van der Waals surface area contributed by atoms with Crippen LogP contribution in [0.3, 0.4) is 0 Å². The maximum absolute atomic E-state index is 13.5. The lowest BCUT2D eigenvalue weighted by Crippen LogP contribution is -2.55. The minimum absolute atomic E-state index is 0.224. The normalized spacial score (nSPS) is 17.2. The fourth-order valence-corrected chi connectivity index (χ4v) is 4.35. The fourth-order valence-electron chi connectivity index (χ4n) is 4.35. The lowest BCUT2D eigenvalue weighted by Gasteiger charge is -2.29. The number of nitrogens with two attached hydrogens (primary N) is 1. The van der Waals surface area contributed by atoms with Gasteiger partial charge in [0, 0.05) is 18.7 Å². The number of anilines is 1. The smallest absolute Gasteiger partial charge is 0.247 e. The van der Waals surface area contributed by atoms with E-state index in [1.807, 2.05) is 72.8 Å². The van der Waals surface area contributed by atoms with Crippen molar-refractivity contribution in [1.82, 2.24) is 10.2 Å². The standard InChI is InChI=1S/C27H30N4O3/c1-18(28)25(32)30-23(16-19-8-3-2-4-9-19)27(34)31-15-7-12-24(31)26(33)29-22-14-13-20-10-5-6-11-21(20)17-22/h2-6,8-11,13-14,17-18,23-24H,7,12,15-16,28H2,1H3,(H,29,33)(H,30,32). The maximum Gasteiger partial charge on any atom is 0.247 e. The Morgan fingerprint density at radius 3 is 2.44 bits per heavy atom. The van der Waals surface area contributed by atoms with Crippen molar-refractivity contribution >= 4 is 34.2 Å². The molecule has 34 heavy (non-hydrogen) atoms. The Kier molecular flexibility index (Phi) is 7.23. The van der Waals surface area contributed by atoms with E-state index in [0.717, 1.165) is 22.8 Å². The summed E-state index contributed by atoms with van der Waals surface area (Å²) in [6.45, 7) is 2.04. The first-order chi connectivity index (χ1) is 16.4. The second kappa shape index (κ2) is 10.5. The highest BCUT2D eigenvalue weighted by atomic mass is 16.2. The summed E-state index contributed by atoms with van der Waals surface area (Å²) in [5.74, 6) is -0.891. The molecule has 3 aromatic carbocycles. The highest BCUT2D eigenvalue weighted by molar-refractivity contribution is 6.00. The van der Waals surface area contributed by atoms with Crippen molar-refractivity contribution in [3.05, 3.63) is 78.4 Å². The van der Waals surface area contributed by atoms with E-state index in [9.17, 15) is 14.4 Å². The van der Waals surface area contributed by atoms with Crippen LogP contribution in [0.2, 0.25) is 0 Å². The molecule has 7 heteroatoms. The fraction of sp³-hybridized carbons (Fsp3) is 0.296. The van der Waals surface area contributed by atoms with E-state index in [2.05, 4.69) is 10.6 Å². The summed E-state index contributed by atoms with van der Waals surface area (Å²) in [4.78, 5) is 40.6. The van der Waals surface area contributed by atoms with Crippen molar-refractivity contribution in [3.63, 3.8) is 0 Å². The molecule has 1 aliphatic heterocycles. The number of amides is 3. The van der Waals surface area contributed by atoms with Crippen LogP contribution in [0.5, 0.6) is 0 Å². The first kappa shape index (κ1) is 23.4. The van der Waals surface area contributed by atoms with Gasteiger partial charge in [-0.25, -0.2) is 0 Å². The van der Waals surface area contributed by atoms with Crippen LogP contribution >= 0.6 is 0 Å². The number of nitrogens with one attached hydrogen (secondary N) is 2. The van der Waals surface area contributed by atoms with Gasteiger partial charge in [0.25, 0.3) is 0 Å². The summed E-state index contributed by atoms with van der Waals surface area (Å²) in [6, 6.07) is 21.0. The van der Waals surface area contributed by atoms with Crippen LogP contribution in [-0.2, 0) is 20.8 Å². The third-order valence-corrected chi connectivity index (χ3v) is 6.17. The minimum Gasteiger partial charge on any atom is -0.343 e. The highest BCUT2D eigenvalue weighted by Crippen LogP contribution is 2.23. The Morgan fingerprint density at radius 2 is 1.71 bits per heavy atom. The van der Waals surface area contributed by atoms with Crippen LogP contribution in [-0.4, -0.2) is 47.3 Å². The molecule has 3 unspecified atom stereocenters. The molecule has 0 aliphatic carbocycles. The van der Waals surface area contributed by atoms with Crippen molar-refractivity contribution in [2.75, 3.05) is 11.9 Å². The Labute approximate surface area is 199 Å². The highest BCUT2D eigenvalue weighted by Gasteiger charge is 2.38. The Bertz CT molecular complexity index is 1180. The van der Waals surface area contributed by atoms with Crippen LogP contribution in [0, 0.1) is 0 Å². The van der Waals surface area contributed by atoms with Crippen molar-refractivity contribution in [1.29, 1.82) is 0 Å². The van der Waals surface area contributed by atoms with Crippen LogP contribution in [0.25, 0.3) is 10.8 Å². The Balaban J connectivity index is 1.50. The number of hydrogen-bond donors (Lipinski definition) is 3. The first-order valence-corrected chi connectivity index (χ1v) is 11.6. The quantitative estimate of drug-likeness (QED) is 0.506. The molecule has 1 heterocycles. The summed E-state index contributed by atoms with van der Waals surface area (Å²) < 4.78 is 0. The summed E-state index contributed by atoms with van der Waals surface area (Å²) in [5.41, 5.74) is 7.34. The number of fused-ring (bicyclic) bond motifs is 1. The molecule has 1 aliphatic rings. The summed E-state index contributed by atoms with van der Waals surface area (Å²) in [7, 11) is 0. The Hall–Kier alpha value is -3.71. The van der Waals surface area contributed by atoms with E-state index in [4.69, 9.17) is 5.73 Å². The van der Waals surface area contributed by atoms with Crippen molar-refractivity contribution in [3.8, 4) is 0 Å². The van der Waals surface area contributed by atoms with E-state index in [0.29, 0.717) is 25.1 Å².